The molecule has 18 heteroatoms. The van der Waals surface area contributed by atoms with Crippen LogP contribution in [0.3, 0.4) is 0 Å². The molecule has 0 spiro atoms. The molecule has 0 heterocycles. The third-order valence-electron chi connectivity index (χ3n) is 7.40. The van der Waals surface area contributed by atoms with Gasteiger partial charge in [0.25, 0.3) is 0 Å². The molecular weight excluding hydrogens is 847 g/mol. The Balaban J connectivity index is -0.000000257. The number of carbonyl (C=O) groups is 8. The van der Waals surface area contributed by atoms with Crippen LogP contribution in [0.5, 0.6) is 0 Å². The number of carboxylic acid groups (broad SMARTS) is 1. The second-order valence-corrected chi connectivity index (χ2v) is 21.1. The van der Waals surface area contributed by atoms with Gasteiger partial charge >= 0.3 is 42.2 Å². The molecule has 384 valence electrons. The summed E-state index contributed by atoms with van der Waals surface area (Å²) in [5.74, 6) is -3.00. The lowest BCUT2D eigenvalue weighted by Crippen LogP contribution is -2.48. The molecule has 0 saturated carbocycles. The minimum Gasteiger partial charge on any atom is -0.480 e. The summed E-state index contributed by atoms with van der Waals surface area (Å²) in [7, 11) is 5.79. The molecule has 0 aromatic rings. The highest BCUT2D eigenvalue weighted by Gasteiger charge is 2.36. The van der Waals surface area contributed by atoms with Gasteiger partial charge in [0, 0.05) is 28.1 Å². The fraction of sp³-hybridized carbons (Fsp3) is 0.830. The summed E-state index contributed by atoms with van der Waals surface area (Å²) in [5.41, 5.74) is -2.83. The quantitative estimate of drug-likeness (QED) is 0.116. The number of aliphatic carboxylic acids is 1. The van der Waals surface area contributed by atoms with Crippen LogP contribution in [0.15, 0.2) is 0 Å². The molecule has 0 aromatic carbocycles. The third-order valence-corrected chi connectivity index (χ3v) is 7.40. The molecule has 18 nitrogen and oxygen atoms in total. The van der Waals surface area contributed by atoms with E-state index in [1.165, 1.54) is 45.0 Å². The first kappa shape index (κ1) is 69.4. The molecule has 1 N–H and O–H groups in total. The van der Waals surface area contributed by atoms with E-state index in [-0.39, 0.29) is 49.0 Å². The Bertz CT molecular complexity index is 1510. The zero-order chi connectivity index (χ0) is 52.3. The first-order valence-electron chi connectivity index (χ1n) is 21.3. The van der Waals surface area contributed by atoms with Crippen molar-refractivity contribution >= 4 is 47.9 Å². The maximum absolute atomic E-state index is 12.4. The van der Waals surface area contributed by atoms with Crippen molar-refractivity contribution in [2.45, 2.75) is 212 Å². The van der Waals surface area contributed by atoms with E-state index >= 15 is 0 Å². The lowest BCUT2D eigenvalue weighted by atomic mass is 9.96. The minimum atomic E-state index is -1.02. The Morgan fingerprint density at radius 2 is 0.723 bits per heavy atom. The van der Waals surface area contributed by atoms with Crippen LogP contribution in [0, 0.1) is 17.8 Å². The summed E-state index contributed by atoms with van der Waals surface area (Å²) in [6, 6.07) is -2.23. The number of hydrogen-bond donors (Lipinski definition) is 1. The van der Waals surface area contributed by atoms with Gasteiger partial charge in [-0.15, -0.1) is 0 Å². The first-order chi connectivity index (χ1) is 28.2. The fourth-order valence-corrected chi connectivity index (χ4v) is 5.33. The average molecular weight is 938 g/mol. The number of rotatable bonds is 11. The van der Waals surface area contributed by atoms with E-state index in [2.05, 4.69) is 4.74 Å². The van der Waals surface area contributed by atoms with Crippen LogP contribution in [0.1, 0.15) is 166 Å². The van der Waals surface area contributed by atoms with Crippen molar-refractivity contribution in [2.24, 2.45) is 17.8 Å². The average Bonchev–Trinajstić information content (AvgIpc) is 3.00. The molecule has 0 saturated heterocycles. The number of methoxy groups -OCH3 is 1. The van der Waals surface area contributed by atoms with Crippen molar-refractivity contribution in [1.29, 1.82) is 0 Å². The lowest BCUT2D eigenvalue weighted by molar-refractivity contribution is -0.157. The van der Waals surface area contributed by atoms with Gasteiger partial charge in [-0.05, 0) is 122 Å². The van der Waals surface area contributed by atoms with Gasteiger partial charge in [-0.25, -0.2) is 24.0 Å². The zero-order valence-electron chi connectivity index (χ0n) is 44.2. The Morgan fingerprint density at radius 3 is 0.923 bits per heavy atom. The van der Waals surface area contributed by atoms with Crippen LogP contribution in [-0.4, -0.2) is 142 Å². The monoisotopic (exact) mass is 938 g/mol. The van der Waals surface area contributed by atoms with Gasteiger partial charge in [-0.3, -0.25) is 24.2 Å². The molecule has 0 radical (unpaired) electrons. The molecule has 0 aliphatic carbocycles. The predicted octanol–water partition coefficient (Wildman–Crippen LogP) is 9.18. The number of carboxylic acids is 1. The standard InChI is InChI=1S/C17H31NO5.C12H23NO4.C11H21NO4.C6H12O2.CH4/c1-11(2)14(18(9)15(21)23-17(6,7)8)12(19)10-13(20)22-16(3,4)5;1-8(2)9(10(14)16-7)13(6)11(15)17-12(3,4)5;1-7(2)8(9(13)14)12(6)10(15)16-11(3,4)5;1-5(7)8-6(2,3)4;/h11,14H,10H2,1-9H3;8-9H,1-7H3;7-8H,1-6H3,(H,13,14);1-4H3;1H4/t14-;9-;8-;;/m000../s1. The van der Waals surface area contributed by atoms with Crippen molar-refractivity contribution in [3.05, 3.63) is 0 Å². The Hall–Kier alpha value is -4.64. The molecule has 3 atom stereocenters. The van der Waals surface area contributed by atoms with Gasteiger partial charge in [0.2, 0.25) is 0 Å². The highest BCUT2D eigenvalue weighted by molar-refractivity contribution is 5.99. The fourth-order valence-electron chi connectivity index (χ4n) is 5.33. The topological polar surface area (TPSA) is 222 Å². The number of likely N-dealkylation sites (N-methyl/N-ethyl adjacent to an activating group) is 3. The maximum atomic E-state index is 12.4. The summed E-state index contributed by atoms with van der Waals surface area (Å²) in [5, 5.41) is 9.01. The molecule has 3 amide bonds. The van der Waals surface area contributed by atoms with E-state index in [1.807, 2.05) is 48.5 Å². The van der Waals surface area contributed by atoms with Crippen molar-refractivity contribution < 1.29 is 71.9 Å². The number of Topliss-reactive ketones (excluding diaryl/α,β-unsaturated/α-hetero) is 1. The number of carbonyl (C=O) groups excluding carboxylic acids is 7. The van der Waals surface area contributed by atoms with Gasteiger partial charge < -0.3 is 38.4 Å². The van der Waals surface area contributed by atoms with Crippen molar-refractivity contribution in [3.8, 4) is 0 Å². The number of amides is 3. The maximum Gasteiger partial charge on any atom is 0.410 e. The van der Waals surface area contributed by atoms with E-state index in [4.69, 9.17) is 28.8 Å². The second-order valence-electron chi connectivity index (χ2n) is 21.1. The second kappa shape index (κ2) is 29.1. The molecular formula is C47H91N3O15. The van der Waals surface area contributed by atoms with Crippen LogP contribution >= 0.6 is 0 Å². The molecule has 0 unspecified atom stereocenters. The Kier molecular flexibility index (Phi) is 31.1. The molecule has 65 heavy (non-hydrogen) atoms. The highest BCUT2D eigenvalue weighted by Crippen LogP contribution is 2.20. The number of esters is 3. The summed E-state index contributed by atoms with van der Waals surface area (Å²) >= 11 is 0. The number of ketones is 1. The lowest BCUT2D eigenvalue weighted by Gasteiger charge is -2.32. The van der Waals surface area contributed by atoms with Crippen molar-refractivity contribution in [2.75, 3.05) is 28.3 Å². The van der Waals surface area contributed by atoms with Crippen LogP contribution in [-0.2, 0) is 52.4 Å². The summed E-state index contributed by atoms with van der Waals surface area (Å²) in [6.07, 6.45) is -2.10. The van der Waals surface area contributed by atoms with Crippen LogP contribution in [0.25, 0.3) is 0 Å². The SMILES string of the molecule is C.CC(=O)OC(C)(C)C.CC(C)[C@@H](C(=O)CC(=O)OC(C)(C)C)N(C)C(=O)OC(C)(C)C.CC(C)[C@@H](C(=O)O)N(C)C(=O)OC(C)(C)C.COC(=O)[C@H](C(C)C)N(C)C(=O)OC(C)(C)C. The molecule has 0 rings (SSSR count). The van der Waals surface area contributed by atoms with Gasteiger partial charge in [0.15, 0.2) is 5.78 Å². The van der Waals surface area contributed by atoms with Gasteiger partial charge in [-0.2, -0.15) is 0 Å². The van der Waals surface area contributed by atoms with Gasteiger partial charge in [0.05, 0.1) is 13.2 Å². The normalized spacial score (nSPS) is 12.9. The third kappa shape index (κ3) is 35.3. The van der Waals surface area contributed by atoms with E-state index in [1.54, 1.807) is 96.9 Å². The van der Waals surface area contributed by atoms with E-state index in [9.17, 15) is 38.4 Å². The van der Waals surface area contributed by atoms with E-state index < -0.39 is 76.7 Å². The number of hydrogen-bond acceptors (Lipinski definition) is 14. The predicted molar refractivity (Wildman–Crippen MR) is 251 cm³/mol. The largest absolute Gasteiger partial charge is 0.480 e. The van der Waals surface area contributed by atoms with Gasteiger partial charge in [-0.1, -0.05) is 49.0 Å². The zero-order valence-corrected chi connectivity index (χ0v) is 44.2. The van der Waals surface area contributed by atoms with Crippen molar-refractivity contribution in [3.63, 3.8) is 0 Å². The van der Waals surface area contributed by atoms with Crippen LogP contribution in [0.2, 0.25) is 0 Å². The molecule has 0 bridgehead atoms. The minimum absolute atomic E-state index is 0. The van der Waals surface area contributed by atoms with Crippen LogP contribution < -0.4 is 0 Å². The van der Waals surface area contributed by atoms with Crippen molar-refractivity contribution in [1.82, 2.24) is 14.7 Å². The molecule has 0 fully saturated rings. The molecule has 0 aliphatic heterocycles. The smallest absolute Gasteiger partial charge is 0.410 e. The van der Waals surface area contributed by atoms with Gasteiger partial charge in [0.1, 0.15) is 46.5 Å². The van der Waals surface area contributed by atoms with Crippen LogP contribution in [0.4, 0.5) is 14.4 Å². The molecule has 0 aliphatic rings. The Morgan fingerprint density at radius 1 is 0.462 bits per heavy atom. The summed E-state index contributed by atoms with van der Waals surface area (Å²) in [6.45, 7) is 38.8. The first-order valence-corrected chi connectivity index (χ1v) is 21.3. The number of ether oxygens (including phenoxy) is 6. The summed E-state index contributed by atoms with van der Waals surface area (Å²) < 4.78 is 30.2. The Labute approximate surface area is 392 Å². The van der Waals surface area contributed by atoms with E-state index in [0.29, 0.717) is 0 Å². The number of nitrogens with zero attached hydrogens (tertiary/aromatic N) is 3. The molecule has 0 aromatic heterocycles. The summed E-state index contributed by atoms with van der Waals surface area (Å²) in [4.78, 5) is 96.4. The van der Waals surface area contributed by atoms with E-state index in [0.717, 1.165) is 4.90 Å². The highest BCUT2D eigenvalue weighted by atomic mass is 16.6.